The van der Waals surface area contributed by atoms with E-state index in [9.17, 15) is 4.79 Å². The fourth-order valence-corrected chi connectivity index (χ4v) is 4.04. The van der Waals surface area contributed by atoms with Crippen LogP contribution in [0.15, 0.2) is 53.7 Å². The number of hydrogen-bond acceptors (Lipinski definition) is 5. The molecule has 0 atom stereocenters. The van der Waals surface area contributed by atoms with Crippen LogP contribution in [0.5, 0.6) is 5.75 Å². The van der Waals surface area contributed by atoms with Gasteiger partial charge in [-0.05, 0) is 37.3 Å². The van der Waals surface area contributed by atoms with Crippen molar-refractivity contribution in [2.75, 3.05) is 5.75 Å². The van der Waals surface area contributed by atoms with E-state index in [1.54, 1.807) is 24.3 Å². The molecule has 4 aromatic rings. The molecule has 4 rings (SSSR count). The molecule has 0 saturated heterocycles. The number of hydrogen-bond donors (Lipinski definition) is 1. The predicted molar refractivity (Wildman–Crippen MR) is 115 cm³/mol. The van der Waals surface area contributed by atoms with E-state index in [2.05, 4.69) is 15.2 Å². The van der Waals surface area contributed by atoms with Crippen molar-refractivity contribution in [3.05, 3.63) is 70.6 Å². The van der Waals surface area contributed by atoms with Crippen LogP contribution in [0.25, 0.3) is 10.9 Å². The number of aromatic nitrogens is 4. The molecule has 0 spiro atoms. The van der Waals surface area contributed by atoms with Gasteiger partial charge >= 0.3 is 0 Å². The van der Waals surface area contributed by atoms with Crippen LogP contribution in [0.4, 0.5) is 0 Å². The Morgan fingerprint density at radius 2 is 1.93 bits per heavy atom. The van der Waals surface area contributed by atoms with Gasteiger partial charge < -0.3 is 14.3 Å². The molecule has 1 N–H and O–H groups in total. The first-order chi connectivity index (χ1) is 14.0. The van der Waals surface area contributed by atoms with Crippen molar-refractivity contribution < 1.29 is 9.53 Å². The highest BCUT2D eigenvalue weighted by molar-refractivity contribution is 7.99. The van der Waals surface area contributed by atoms with E-state index in [1.807, 2.05) is 42.8 Å². The Morgan fingerprint density at radius 3 is 2.72 bits per heavy atom. The van der Waals surface area contributed by atoms with E-state index >= 15 is 0 Å². The Morgan fingerprint density at radius 1 is 1.17 bits per heavy atom. The summed E-state index contributed by atoms with van der Waals surface area (Å²) in [6.45, 7) is 2.20. The third kappa shape index (κ3) is 4.16. The molecule has 0 aliphatic heterocycles. The average Bonchev–Trinajstić information content (AvgIpc) is 3.24. The average molecular weight is 427 g/mol. The standard InChI is InChI=1S/C21H19ClN4O2S/c1-13-20(16-5-3-4-6-17(16)23-13)18(27)12-29-21-25-24-19(26(21)2)11-28-15-9-7-14(22)8-10-15/h3-10,23H,11-12H2,1-2H3. The van der Waals surface area contributed by atoms with E-state index in [0.717, 1.165) is 22.2 Å². The monoisotopic (exact) mass is 426 g/mol. The summed E-state index contributed by atoms with van der Waals surface area (Å²) in [6.07, 6.45) is 0. The van der Waals surface area contributed by atoms with Gasteiger partial charge in [0.15, 0.2) is 16.8 Å². The Kier molecular flexibility index (Phi) is 5.60. The molecule has 0 unspecified atom stereocenters. The van der Waals surface area contributed by atoms with Crippen LogP contribution in [0, 0.1) is 6.92 Å². The van der Waals surface area contributed by atoms with Gasteiger partial charge in [-0.25, -0.2) is 0 Å². The highest BCUT2D eigenvalue weighted by atomic mass is 35.5. The van der Waals surface area contributed by atoms with Gasteiger partial charge in [0.2, 0.25) is 0 Å². The number of carbonyl (C=O) groups is 1. The van der Waals surface area contributed by atoms with E-state index in [1.165, 1.54) is 11.8 Å². The number of ether oxygens (including phenoxy) is 1. The predicted octanol–water partition coefficient (Wildman–Crippen LogP) is 4.81. The van der Waals surface area contributed by atoms with Crippen molar-refractivity contribution in [2.24, 2.45) is 7.05 Å². The molecule has 148 valence electrons. The summed E-state index contributed by atoms with van der Waals surface area (Å²) in [5.41, 5.74) is 2.59. The minimum absolute atomic E-state index is 0.0620. The number of halogens is 1. The van der Waals surface area contributed by atoms with Gasteiger partial charge in [-0.1, -0.05) is 41.6 Å². The zero-order valence-electron chi connectivity index (χ0n) is 16.0. The molecule has 8 heteroatoms. The lowest BCUT2D eigenvalue weighted by Crippen LogP contribution is -2.06. The van der Waals surface area contributed by atoms with Gasteiger partial charge in [0.25, 0.3) is 0 Å². The number of benzene rings is 2. The maximum Gasteiger partial charge on any atom is 0.191 e. The molecule has 2 aromatic carbocycles. The first-order valence-corrected chi connectivity index (χ1v) is 10.4. The third-order valence-electron chi connectivity index (χ3n) is 4.61. The summed E-state index contributed by atoms with van der Waals surface area (Å²) in [6, 6.07) is 15.0. The number of aryl methyl sites for hydroxylation is 1. The number of ketones is 1. The fraction of sp³-hybridized carbons (Fsp3) is 0.190. The van der Waals surface area contributed by atoms with Crippen molar-refractivity contribution in [2.45, 2.75) is 18.7 Å². The minimum Gasteiger partial charge on any atom is -0.486 e. The summed E-state index contributed by atoms with van der Waals surface area (Å²) in [5, 5.41) is 10.7. The normalized spacial score (nSPS) is 11.1. The highest BCUT2D eigenvalue weighted by Crippen LogP contribution is 2.25. The summed E-state index contributed by atoms with van der Waals surface area (Å²) >= 11 is 7.25. The molecule has 6 nitrogen and oxygen atoms in total. The maximum absolute atomic E-state index is 12.8. The van der Waals surface area contributed by atoms with Crippen molar-refractivity contribution >= 4 is 40.0 Å². The topological polar surface area (TPSA) is 72.8 Å². The molecule has 29 heavy (non-hydrogen) atoms. The lowest BCUT2D eigenvalue weighted by Gasteiger charge is -2.06. The SMILES string of the molecule is Cc1[nH]c2ccccc2c1C(=O)CSc1nnc(COc2ccc(Cl)cc2)n1C. The van der Waals surface area contributed by atoms with Crippen LogP contribution in [-0.4, -0.2) is 31.3 Å². The number of carbonyl (C=O) groups excluding carboxylic acids is 1. The Hall–Kier alpha value is -2.77. The lowest BCUT2D eigenvalue weighted by atomic mass is 10.1. The van der Waals surface area contributed by atoms with Crippen LogP contribution in [0.1, 0.15) is 21.9 Å². The molecule has 2 heterocycles. The van der Waals surface area contributed by atoms with E-state index in [4.69, 9.17) is 16.3 Å². The second-order valence-corrected chi connectivity index (χ2v) is 7.96. The quantitative estimate of drug-likeness (QED) is 0.339. The molecule has 0 amide bonds. The van der Waals surface area contributed by atoms with Crippen molar-refractivity contribution in [3.8, 4) is 5.75 Å². The smallest absolute Gasteiger partial charge is 0.191 e. The number of H-pyrrole nitrogens is 1. The number of thioether (sulfide) groups is 1. The first-order valence-electron chi connectivity index (χ1n) is 9.03. The Balaban J connectivity index is 1.41. The number of Topliss-reactive ketones (excluding diaryl/α,β-unsaturated/α-hetero) is 1. The zero-order chi connectivity index (χ0) is 20.4. The van der Waals surface area contributed by atoms with Crippen LogP contribution in [-0.2, 0) is 13.7 Å². The first kappa shape index (κ1) is 19.5. The molecular weight excluding hydrogens is 408 g/mol. The molecule has 0 saturated carbocycles. The van der Waals surface area contributed by atoms with E-state index in [0.29, 0.717) is 21.8 Å². The highest BCUT2D eigenvalue weighted by Gasteiger charge is 2.18. The number of fused-ring (bicyclic) bond motifs is 1. The van der Waals surface area contributed by atoms with Crippen LogP contribution >= 0.6 is 23.4 Å². The fourth-order valence-electron chi connectivity index (χ4n) is 3.11. The maximum atomic E-state index is 12.8. The van der Waals surface area contributed by atoms with Gasteiger partial charge in [0, 0.05) is 34.2 Å². The number of aromatic amines is 1. The second kappa shape index (κ2) is 8.31. The molecule has 0 fully saturated rings. The Bertz CT molecular complexity index is 1170. The molecule has 0 aliphatic carbocycles. The summed E-state index contributed by atoms with van der Waals surface area (Å²) in [7, 11) is 1.87. The molecule has 0 aliphatic rings. The van der Waals surface area contributed by atoms with E-state index in [-0.39, 0.29) is 18.1 Å². The van der Waals surface area contributed by atoms with Crippen LogP contribution in [0.3, 0.4) is 0 Å². The number of para-hydroxylation sites is 1. The minimum atomic E-state index is 0.0620. The molecule has 2 aromatic heterocycles. The lowest BCUT2D eigenvalue weighted by molar-refractivity contribution is 0.102. The van der Waals surface area contributed by atoms with Crippen LogP contribution < -0.4 is 4.74 Å². The van der Waals surface area contributed by atoms with Gasteiger partial charge in [-0.2, -0.15) is 0 Å². The number of nitrogens with one attached hydrogen (secondary N) is 1. The molecule has 0 bridgehead atoms. The van der Waals surface area contributed by atoms with Crippen molar-refractivity contribution in [1.82, 2.24) is 19.7 Å². The zero-order valence-corrected chi connectivity index (χ0v) is 17.5. The van der Waals surface area contributed by atoms with Crippen molar-refractivity contribution in [1.29, 1.82) is 0 Å². The number of rotatable bonds is 7. The van der Waals surface area contributed by atoms with Gasteiger partial charge in [-0.3, -0.25) is 4.79 Å². The second-order valence-electron chi connectivity index (χ2n) is 6.58. The van der Waals surface area contributed by atoms with Gasteiger partial charge in [0.1, 0.15) is 12.4 Å². The van der Waals surface area contributed by atoms with Crippen molar-refractivity contribution in [3.63, 3.8) is 0 Å². The summed E-state index contributed by atoms with van der Waals surface area (Å²) in [5.74, 6) is 1.73. The van der Waals surface area contributed by atoms with Gasteiger partial charge in [-0.15, -0.1) is 10.2 Å². The Labute approximate surface area is 177 Å². The van der Waals surface area contributed by atoms with Crippen LogP contribution in [0.2, 0.25) is 5.02 Å². The number of nitrogens with zero attached hydrogens (tertiary/aromatic N) is 3. The molecule has 0 radical (unpaired) electrons. The summed E-state index contributed by atoms with van der Waals surface area (Å²) in [4.78, 5) is 16.1. The largest absolute Gasteiger partial charge is 0.486 e. The molecular formula is C21H19ClN4O2S. The third-order valence-corrected chi connectivity index (χ3v) is 5.88. The van der Waals surface area contributed by atoms with E-state index < -0.39 is 0 Å². The van der Waals surface area contributed by atoms with Gasteiger partial charge in [0.05, 0.1) is 5.75 Å². The summed E-state index contributed by atoms with van der Waals surface area (Å²) < 4.78 is 7.57.